The van der Waals surface area contributed by atoms with Crippen molar-refractivity contribution in [2.75, 3.05) is 0 Å². The van der Waals surface area contributed by atoms with Crippen LogP contribution >= 0.6 is 31.9 Å². The van der Waals surface area contributed by atoms with Crippen LogP contribution in [-0.2, 0) is 0 Å². The first kappa shape index (κ1) is 13.1. The number of rotatable bonds is 1. The van der Waals surface area contributed by atoms with Crippen molar-refractivity contribution >= 4 is 53.8 Å². The molecule has 3 heteroatoms. The van der Waals surface area contributed by atoms with Crippen molar-refractivity contribution in [1.29, 1.82) is 0 Å². The maximum absolute atomic E-state index is 6.11. The average molecular weight is 402 g/mol. The lowest BCUT2D eigenvalue weighted by molar-refractivity contribution is 0.670. The van der Waals surface area contributed by atoms with Crippen LogP contribution in [0.1, 0.15) is 0 Å². The quantitative estimate of drug-likeness (QED) is 0.342. The Morgan fingerprint density at radius 2 is 1.33 bits per heavy atom. The molecule has 0 aliphatic heterocycles. The zero-order chi connectivity index (χ0) is 14.4. The molecule has 102 valence electrons. The number of furan rings is 1. The highest BCUT2D eigenvalue weighted by atomic mass is 79.9. The lowest BCUT2D eigenvalue weighted by Gasteiger charge is -2.08. The summed E-state index contributed by atoms with van der Waals surface area (Å²) in [6.07, 6.45) is 0. The molecule has 4 aromatic rings. The van der Waals surface area contributed by atoms with Crippen LogP contribution in [0.5, 0.6) is 0 Å². The molecular weight excluding hydrogens is 392 g/mol. The molecule has 0 fully saturated rings. The van der Waals surface area contributed by atoms with Crippen molar-refractivity contribution in [3.8, 4) is 11.1 Å². The van der Waals surface area contributed by atoms with Crippen LogP contribution in [0.2, 0.25) is 0 Å². The number of para-hydroxylation sites is 2. The predicted octanol–water partition coefficient (Wildman–Crippen LogP) is 6.78. The van der Waals surface area contributed by atoms with Crippen LogP contribution in [0, 0.1) is 0 Å². The number of fused-ring (bicyclic) bond motifs is 3. The van der Waals surface area contributed by atoms with Gasteiger partial charge in [0.2, 0.25) is 0 Å². The van der Waals surface area contributed by atoms with Gasteiger partial charge in [-0.2, -0.15) is 0 Å². The summed E-state index contributed by atoms with van der Waals surface area (Å²) >= 11 is 7.28. The van der Waals surface area contributed by atoms with Gasteiger partial charge in [-0.15, -0.1) is 0 Å². The molecule has 1 heterocycles. The van der Waals surface area contributed by atoms with Crippen molar-refractivity contribution in [2.45, 2.75) is 0 Å². The van der Waals surface area contributed by atoms with Gasteiger partial charge in [0.25, 0.3) is 0 Å². The first-order chi connectivity index (χ1) is 10.3. The number of hydrogen-bond donors (Lipinski definition) is 0. The van der Waals surface area contributed by atoms with Gasteiger partial charge < -0.3 is 4.42 Å². The molecular formula is C18H10Br2O. The molecule has 21 heavy (non-hydrogen) atoms. The SMILES string of the molecule is Brc1cccc(Br)c1-c1cccc2c1oc1ccccc12. The van der Waals surface area contributed by atoms with Gasteiger partial charge in [0, 0.05) is 30.8 Å². The van der Waals surface area contributed by atoms with Crippen LogP contribution in [0.4, 0.5) is 0 Å². The average Bonchev–Trinajstić information content (AvgIpc) is 2.87. The Hall–Kier alpha value is -1.58. The van der Waals surface area contributed by atoms with E-state index in [0.29, 0.717) is 0 Å². The van der Waals surface area contributed by atoms with E-state index in [2.05, 4.69) is 56.1 Å². The lowest BCUT2D eigenvalue weighted by atomic mass is 10.0. The summed E-state index contributed by atoms with van der Waals surface area (Å²) in [5.41, 5.74) is 4.04. The van der Waals surface area contributed by atoms with Gasteiger partial charge in [-0.1, -0.05) is 74.3 Å². The third-order valence-corrected chi connectivity index (χ3v) is 4.96. The van der Waals surface area contributed by atoms with Crippen LogP contribution in [0.3, 0.4) is 0 Å². The van der Waals surface area contributed by atoms with E-state index >= 15 is 0 Å². The van der Waals surface area contributed by atoms with Crippen LogP contribution in [0.15, 0.2) is 74.0 Å². The van der Waals surface area contributed by atoms with Gasteiger partial charge in [-0.3, -0.25) is 0 Å². The van der Waals surface area contributed by atoms with E-state index in [4.69, 9.17) is 4.42 Å². The van der Waals surface area contributed by atoms with E-state index in [0.717, 1.165) is 42.0 Å². The Balaban J connectivity index is 2.15. The zero-order valence-electron chi connectivity index (χ0n) is 10.9. The molecule has 0 aliphatic carbocycles. The van der Waals surface area contributed by atoms with Gasteiger partial charge in [-0.25, -0.2) is 0 Å². The fraction of sp³-hybridized carbons (Fsp3) is 0. The van der Waals surface area contributed by atoms with Crippen molar-refractivity contribution in [2.24, 2.45) is 0 Å². The summed E-state index contributed by atoms with van der Waals surface area (Å²) in [7, 11) is 0. The van der Waals surface area contributed by atoms with Crippen LogP contribution in [-0.4, -0.2) is 0 Å². The maximum atomic E-state index is 6.11. The first-order valence-corrected chi connectivity index (χ1v) is 8.19. The van der Waals surface area contributed by atoms with Gasteiger partial charge in [0.1, 0.15) is 11.2 Å². The summed E-state index contributed by atoms with van der Waals surface area (Å²) in [6, 6.07) is 20.5. The van der Waals surface area contributed by atoms with E-state index in [1.165, 1.54) is 0 Å². The van der Waals surface area contributed by atoms with Crippen molar-refractivity contribution in [3.05, 3.63) is 69.6 Å². The molecule has 3 aromatic carbocycles. The fourth-order valence-corrected chi connectivity index (χ4v) is 4.12. The summed E-state index contributed by atoms with van der Waals surface area (Å²) < 4.78 is 8.20. The van der Waals surface area contributed by atoms with Gasteiger partial charge in [-0.05, 0) is 18.2 Å². The highest BCUT2D eigenvalue weighted by Gasteiger charge is 2.15. The molecule has 0 saturated heterocycles. The predicted molar refractivity (Wildman–Crippen MR) is 94.6 cm³/mol. The van der Waals surface area contributed by atoms with E-state index < -0.39 is 0 Å². The van der Waals surface area contributed by atoms with E-state index in [1.807, 2.05) is 36.4 Å². The third kappa shape index (κ3) is 2.03. The topological polar surface area (TPSA) is 13.1 Å². The van der Waals surface area contributed by atoms with Crippen LogP contribution < -0.4 is 0 Å². The second-order valence-electron chi connectivity index (χ2n) is 4.88. The summed E-state index contributed by atoms with van der Waals surface area (Å²) in [5, 5.41) is 2.29. The number of benzene rings is 3. The minimum absolute atomic E-state index is 0.920. The summed E-state index contributed by atoms with van der Waals surface area (Å²) in [6.45, 7) is 0. The Kier molecular flexibility index (Phi) is 3.12. The summed E-state index contributed by atoms with van der Waals surface area (Å²) in [4.78, 5) is 0. The molecule has 0 spiro atoms. The monoisotopic (exact) mass is 400 g/mol. The highest BCUT2D eigenvalue weighted by Crippen LogP contribution is 2.41. The molecule has 0 N–H and O–H groups in total. The molecule has 0 atom stereocenters. The fourth-order valence-electron chi connectivity index (χ4n) is 2.70. The first-order valence-electron chi connectivity index (χ1n) is 6.60. The molecule has 0 saturated carbocycles. The number of hydrogen-bond acceptors (Lipinski definition) is 1. The molecule has 0 amide bonds. The highest BCUT2D eigenvalue weighted by molar-refractivity contribution is 9.11. The largest absolute Gasteiger partial charge is 0.455 e. The standard InChI is InChI=1S/C18H10Br2O/c19-14-8-4-9-15(20)17(14)13-7-3-6-12-11-5-1-2-10-16(11)21-18(12)13/h1-10H. The number of halogens is 2. The second kappa shape index (κ2) is 5.00. The Morgan fingerprint density at radius 3 is 2.14 bits per heavy atom. The van der Waals surface area contributed by atoms with Gasteiger partial charge in [0.15, 0.2) is 0 Å². The minimum atomic E-state index is 0.920. The smallest absolute Gasteiger partial charge is 0.143 e. The molecule has 0 bridgehead atoms. The van der Waals surface area contributed by atoms with E-state index in [1.54, 1.807) is 0 Å². The Labute approximate surface area is 138 Å². The van der Waals surface area contributed by atoms with Crippen molar-refractivity contribution in [3.63, 3.8) is 0 Å². The Bertz CT molecular complexity index is 949. The van der Waals surface area contributed by atoms with E-state index in [-0.39, 0.29) is 0 Å². The normalized spacial score (nSPS) is 11.3. The van der Waals surface area contributed by atoms with Gasteiger partial charge in [0.05, 0.1) is 0 Å². The van der Waals surface area contributed by atoms with Crippen molar-refractivity contribution in [1.82, 2.24) is 0 Å². The molecule has 4 rings (SSSR count). The Morgan fingerprint density at radius 1 is 0.667 bits per heavy atom. The van der Waals surface area contributed by atoms with E-state index in [9.17, 15) is 0 Å². The van der Waals surface area contributed by atoms with Crippen LogP contribution in [0.25, 0.3) is 33.1 Å². The minimum Gasteiger partial charge on any atom is -0.455 e. The van der Waals surface area contributed by atoms with Gasteiger partial charge >= 0.3 is 0 Å². The molecule has 1 nitrogen and oxygen atoms in total. The molecule has 0 radical (unpaired) electrons. The zero-order valence-corrected chi connectivity index (χ0v) is 14.1. The molecule has 0 unspecified atom stereocenters. The molecule has 0 aliphatic rings. The third-order valence-electron chi connectivity index (χ3n) is 3.64. The second-order valence-corrected chi connectivity index (χ2v) is 6.59. The summed E-state index contributed by atoms with van der Waals surface area (Å²) in [5.74, 6) is 0. The molecule has 1 aromatic heterocycles. The maximum Gasteiger partial charge on any atom is 0.143 e. The lowest BCUT2D eigenvalue weighted by Crippen LogP contribution is -1.82. The van der Waals surface area contributed by atoms with Crippen molar-refractivity contribution < 1.29 is 4.42 Å².